The van der Waals surface area contributed by atoms with Crippen molar-refractivity contribution in [1.29, 1.82) is 0 Å². The molecule has 0 aromatic heterocycles. The maximum atomic E-state index is 3.83. The third kappa shape index (κ3) is 2.82. The third-order valence-corrected chi connectivity index (χ3v) is 2.99. The van der Waals surface area contributed by atoms with Crippen LogP contribution in [0.5, 0.6) is 0 Å². The predicted octanol–water partition coefficient (Wildman–Crippen LogP) is 1.88. The Morgan fingerprint density at radius 2 is 2.21 bits per heavy atom. The monoisotopic (exact) mass is 196 g/mol. The minimum Gasteiger partial charge on any atom is -0.309 e. The maximum absolute atomic E-state index is 3.83. The minimum absolute atomic E-state index is 0.244. The first-order valence-corrected chi connectivity index (χ1v) is 5.56. The molecule has 1 unspecified atom stereocenters. The van der Waals surface area contributed by atoms with E-state index < -0.39 is 0 Å². The molecule has 1 heterocycles. The van der Waals surface area contributed by atoms with Crippen LogP contribution in [0.25, 0.3) is 0 Å². The number of hydrogen-bond donors (Lipinski definition) is 1. The molecule has 0 aliphatic carbocycles. The van der Waals surface area contributed by atoms with E-state index >= 15 is 0 Å². The predicted molar refractivity (Wildman–Crippen MR) is 62.5 cm³/mol. The highest BCUT2D eigenvalue weighted by molar-refractivity contribution is 4.95. The number of hydrogen-bond acceptors (Lipinski definition) is 2. The van der Waals surface area contributed by atoms with E-state index in [-0.39, 0.29) is 5.54 Å². The zero-order valence-corrected chi connectivity index (χ0v) is 10.0. The van der Waals surface area contributed by atoms with E-state index in [0.717, 1.165) is 19.6 Å². The van der Waals surface area contributed by atoms with Gasteiger partial charge in [0.1, 0.15) is 0 Å². The lowest BCUT2D eigenvalue weighted by Gasteiger charge is -2.46. The summed E-state index contributed by atoms with van der Waals surface area (Å²) in [6.45, 7) is 16.2. The van der Waals surface area contributed by atoms with E-state index in [2.05, 4.69) is 44.5 Å². The number of piperazine rings is 1. The Balaban J connectivity index is 2.65. The molecular formula is C12H24N2. The molecule has 1 saturated heterocycles. The molecule has 0 spiro atoms. The zero-order valence-electron chi connectivity index (χ0n) is 10.0. The van der Waals surface area contributed by atoms with Crippen molar-refractivity contribution < 1.29 is 0 Å². The fourth-order valence-electron chi connectivity index (χ4n) is 2.21. The summed E-state index contributed by atoms with van der Waals surface area (Å²) in [5.41, 5.74) is 0.244. The van der Waals surface area contributed by atoms with Crippen LogP contribution in [0.1, 0.15) is 27.7 Å². The molecule has 2 heteroatoms. The minimum atomic E-state index is 0.244. The normalized spacial score (nSPS) is 27.9. The summed E-state index contributed by atoms with van der Waals surface area (Å²) in [5.74, 6) is 0.707. The van der Waals surface area contributed by atoms with Crippen molar-refractivity contribution in [3.8, 4) is 0 Å². The van der Waals surface area contributed by atoms with Crippen LogP contribution in [0, 0.1) is 5.92 Å². The SMILES string of the molecule is C=CCN1CC(C)(C)NCC1C(C)C. The lowest BCUT2D eigenvalue weighted by Crippen LogP contribution is -2.62. The number of nitrogens with zero attached hydrogens (tertiary/aromatic N) is 1. The van der Waals surface area contributed by atoms with Gasteiger partial charge in [0.15, 0.2) is 0 Å². The van der Waals surface area contributed by atoms with E-state index in [4.69, 9.17) is 0 Å². The Morgan fingerprint density at radius 3 is 2.71 bits per heavy atom. The molecule has 82 valence electrons. The van der Waals surface area contributed by atoms with Gasteiger partial charge in [0, 0.05) is 31.2 Å². The summed E-state index contributed by atoms with van der Waals surface area (Å²) in [6, 6.07) is 0.654. The molecular weight excluding hydrogens is 172 g/mol. The molecule has 14 heavy (non-hydrogen) atoms. The van der Waals surface area contributed by atoms with Gasteiger partial charge in [0.2, 0.25) is 0 Å². The Labute approximate surface area is 88.4 Å². The van der Waals surface area contributed by atoms with Crippen molar-refractivity contribution in [3.05, 3.63) is 12.7 Å². The van der Waals surface area contributed by atoms with Gasteiger partial charge in [-0.3, -0.25) is 4.90 Å². The second kappa shape index (κ2) is 4.45. The Morgan fingerprint density at radius 1 is 1.57 bits per heavy atom. The zero-order chi connectivity index (χ0) is 10.8. The van der Waals surface area contributed by atoms with E-state index in [1.165, 1.54) is 0 Å². The average molecular weight is 196 g/mol. The van der Waals surface area contributed by atoms with Crippen LogP contribution >= 0.6 is 0 Å². The third-order valence-electron chi connectivity index (χ3n) is 2.99. The molecule has 1 fully saturated rings. The van der Waals surface area contributed by atoms with Crippen LogP contribution in [0.2, 0.25) is 0 Å². The van der Waals surface area contributed by atoms with Crippen LogP contribution in [-0.4, -0.2) is 36.1 Å². The summed E-state index contributed by atoms with van der Waals surface area (Å²) in [4.78, 5) is 2.54. The van der Waals surface area contributed by atoms with Gasteiger partial charge in [-0.2, -0.15) is 0 Å². The van der Waals surface area contributed by atoms with Crippen LogP contribution < -0.4 is 5.32 Å². The van der Waals surface area contributed by atoms with Crippen molar-refractivity contribution in [3.63, 3.8) is 0 Å². The summed E-state index contributed by atoms with van der Waals surface area (Å²) < 4.78 is 0. The molecule has 2 nitrogen and oxygen atoms in total. The topological polar surface area (TPSA) is 15.3 Å². The highest BCUT2D eigenvalue weighted by Crippen LogP contribution is 2.19. The first kappa shape index (κ1) is 11.7. The second-order valence-corrected chi connectivity index (χ2v) is 5.29. The van der Waals surface area contributed by atoms with Gasteiger partial charge < -0.3 is 5.32 Å². The van der Waals surface area contributed by atoms with E-state index in [0.29, 0.717) is 12.0 Å². The Hall–Kier alpha value is -0.340. The quantitative estimate of drug-likeness (QED) is 0.693. The van der Waals surface area contributed by atoms with Crippen LogP contribution in [0.3, 0.4) is 0 Å². The standard InChI is InChI=1S/C12H24N2/c1-6-7-14-9-12(4,5)13-8-11(14)10(2)3/h6,10-11,13H,1,7-9H2,2-5H3. The number of nitrogens with one attached hydrogen (secondary N) is 1. The van der Waals surface area contributed by atoms with Crippen molar-refractivity contribution in [2.45, 2.75) is 39.3 Å². The van der Waals surface area contributed by atoms with Gasteiger partial charge in [-0.25, -0.2) is 0 Å². The van der Waals surface area contributed by atoms with Gasteiger partial charge in [0.05, 0.1) is 0 Å². The van der Waals surface area contributed by atoms with E-state index in [1.54, 1.807) is 0 Å². The van der Waals surface area contributed by atoms with Gasteiger partial charge in [-0.05, 0) is 19.8 Å². The fraction of sp³-hybridized carbons (Fsp3) is 0.833. The molecule has 0 aromatic rings. The first-order chi connectivity index (χ1) is 6.46. The van der Waals surface area contributed by atoms with Crippen molar-refractivity contribution in [2.24, 2.45) is 5.92 Å². The second-order valence-electron chi connectivity index (χ2n) is 5.29. The molecule has 0 bridgehead atoms. The molecule has 1 N–H and O–H groups in total. The maximum Gasteiger partial charge on any atom is 0.0253 e. The number of rotatable bonds is 3. The molecule has 1 rings (SSSR count). The fourth-order valence-corrected chi connectivity index (χ4v) is 2.21. The summed E-state index contributed by atoms with van der Waals surface area (Å²) in [6.07, 6.45) is 2.01. The van der Waals surface area contributed by atoms with Crippen molar-refractivity contribution >= 4 is 0 Å². The van der Waals surface area contributed by atoms with Gasteiger partial charge >= 0.3 is 0 Å². The summed E-state index contributed by atoms with van der Waals surface area (Å²) in [7, 11) is 0. The molecule has 0 radical (unpaired) electrons. The Bertz CT molecular complexity index is 196. The molecule has 1 aliphatic heterocycles. The van der Waals surface area contributed by atoms with Gasteiger partial charge in [-0.15, -0.1) is 6.58 Å². The molecule has 1 atom stereocenters. The van der Waals surface area contributed by atoms with Gasteiger partial charge in [0.25, 0.3) is 0 Å². The average Bonchev–Trinajstić information content (AvgIpc) is 2.02. The summed E-state index contributed by atoms with van der Waals surface area (Å²) in [5, 5.41) is 3.60. The van der Waals surface area contributed by atoms with Gasteiger partial charge in [-0.1, -0.05) is 19.9 Å². The van der Waals surface area contributed by atoms with E-state index in [1.807, 2.05) is 6.08 Å². The van der Waals surface area contributed by atoms with Crippen LogP contribution in [0.15, 0.2) is 12.7 Å². The van der Waals surface area contributed by atoms with Crippen molar-refractivity contribution in [1.82, 2.24) is 10.2 Å². The van der Waals surface area contributed by atoms with E-state index in [9.17, 15) is 0 Å². The molecule has 0 amide bonds. The highest BCUT2D eigenvalue weighted by Gasteiger charge is 2.32. The highest BCUT2D eigenvalue weighted by atomic mass is 15.2. The smallest absolute Gasteiger partial charge is 0.0253 e. The summed E-state index contributed by atoms with van der Waals surface area (Å²) >= 11 is 0. The Kier molecular flexibility index (Phi) is 3.73. The van der Waals surface area contributed by atoms with Crippen LogP contribution in [-0.2, 0) is 0 Å². The first-order valence-electron chi connectivity index (χ1n) is 5.56. The molecule has 0 saturated carbocycles. The lowest BCUT2D eigenvalue weighted by molar-refractivity contribution is 0.0806. The largest absolute Gasteiger partial charge is 0.309 e. The lowest BCUT2D eigenvalue weighted by atomic mass is 9.93. The van der Waals surface area contributed by atoms with Crippen molar-refractivity contribution in [2.75, 3.05) is 19.6 Å². The molecule has 0 aromatic carbocycles. The molecule has 1 aliphatic rings. The van der Waals surface area contributed by atoms with Crippen LogP contribution in [0.4, 0.5) is 0 Å².